The summed E-state index contributed by atoms with van der Waals surface area (Å²) >= 11 is 0. The third-order valence-electron chi connectivity index (χ3n) is 1.14. The molecule has 0 aliphatic heterocycles. The Bertz CT molecular complexity index is 47.8. The largest absolute Gasteiger partial charge is 0.393 e. The maximum Gasteiger partial charge on any atom is 0.0895 e. The average molecular weight is 120 g/mol. The van der Waals surface area contributed by atoms with Crippen LogP contribution in [0.2, 0.25) is 0 Å². The van der Waals surface area contributed by atoms with Gasteiger partial charge in [0.25, 0.3) is 0 Å². The molecular weight excluding hydrogens is 107 g/mol. The lowest BCUT2D eigenvalue weighted by molar-refractivity contribution is 0.154. The second-order valence-corrected chi connectivity index (χ2v) is 1.89. The summed E-state index contributed by atoms with van der Waals surface area (Å²) in [7, 11) is 0. The molecule has 0 aromatic rings. The molecular formula is C6H13FO. The Morgan fingerprint density at radius 2 is 2.25 bits per heavy atom. The minimum Gasteiger partial charge on any atom is -0.393 e. The highest BCUT2D eigenvalue weighted by atomic mass is 19.1. The maximum atomic E-state index is 11.4. The van der Waals surface area contributed by atoms with Gasteiger partial charge in [-0.15, -0.1) is 0 Å². The highest BCUT2D eigenvalue weighted by Gasteiger charge is 1.97. The minimum absolute atomic E-state index is 0.286. The minimum atomic E-state index is -0.308. The zero-order chi connectivity index (χ0) is 6.41. The fraction of sp³-hybridized carbons (Fsp3) is 1.00. The molecule has 0 aliphatic carbocycles. The average Bonchev–Trinajstić information content (AvgIpc) is 1.83. The van der Waals surface area contributed by atoms with Crippen molar-refractivity contribution >= 4 is 0 Å². The van der Waals surface area contributed by atoms with Gasteiger partial charge in [0.15, 0.2) is 0 Å². The summed E-state index contributed by atoms with van der Waals surface area (Å²) < 4.78 is 11.4. The number of hydrogen-bond donors (Lipinski definition) is 1. The van der Waals surface area contributed by atoms with Crippen LogP contribution in [0.3, 0.4) is 0 Å². The van der Waals surface area contributed by atoms with Gasteiger partial charge in [0.1, 0.15) is 0 Å². The van der Waals surface area contributed by atoms with Crippen molar-refractivity contribution in [2.24, 2.45) is 0 Å². The second kappa shape index (κ2) is 5.04. The second-order valence-electron chi connectivity index (χ2n) is 1.89. The van der Waals surface area contributed by atoms with Crippen molar-refractivity contribution in [2.75, 3.05) is 6.67 Å². The SMILES string of the molecule is CCC(O)CCCF. The highest BCUT2D eigenvalue weighted by molar-refractivity contribution is 4.50. The van der Waals surface area contributed by atoms with E-state index in [0.29, 0.717) is 12.8 Å². The standard InChI is InChI=1S/C6H13FO/c1-2-6(8)4-3-5-7/h6,8H,2-5H2,1H3. The molecule has 2 heteroatoms. The number of aliphatic hydroxyl groups excluding tert-OH is 1. The van der Waals surface area contributed by atoms with Crippen molar-refractivity contribution in [1.82, 2.24) is 0 Å². The van der Waals surface area contributed by atoms with Crippen molar-refractivity contribution in [3.05, 3.63) is 0 Å². The van der Waals surface area contributed by atoms with Crippen LogP contribution in [0.1, 0.15) is 26.2 Å². The molecule has 0 bridgehead atoms. The van der Waals surface area contributed by atoms with Gasteiger partial charge >= 0.3 is 0 Å². The van der Waals surface area contributed by atoms with Crippen LogP contribution in [-0.2, 0) is 0 Å². The molecule has 1 N–H and O–H groups in total. The fourth-order valence-corrected chi connectivity index (χ4v) is 0.517. The van der Waals surface area contributed by atoms with Gasteiger partial charge in [0.2, 0.25) is 0 Å². The van der Waals surface area contributed by atoms with E-state index in [-0.39, 0.29) is 12.8 Å². The summed E-state index contributed by atoms with van der Waals surface area (Å²) in [5, 5.41) is 8.82. The van der Waals surface area contributed by atoms with Crippen molar-refractivity contribution in [3.63, 3.8) is 0 Å². The van der Waals surface area contributed by atoms with Gasteiger partial charge in [-0.05, 0) is 19.3 Å². The predicted molar refractivity (Wildman–Crippen MR) is 31.5 cm³/mol. The quantitative estimate of drug-likeness (QED) is 0.596. The molecule has 8 heavy (non-hydrogen) atoms. The van der Waals surface area contributed by atoms with E-state index in [1.54, 1.807) is 0 Å². The smallest absolute Gasteiger partial charge is 0.0895 e. The molecule has 50 valence electrons. The third-order valence-corrected chi connectivity index (χ3v) is 1.14. The van der Waals surface area contributed by atoms with Crippen LogP contribution in [0.4, 0.5) is 4.39 Å². The third kappa shape index (κ3) is 4.06. The van der Waals surface area contributed by atoms with Crippen LogP contribution in [-0.4, -0.2) is 17.9 Å². The Morgan fingerprint density at radius 3 is 2.62 bits per heavy atom. The van der Waals surface area contributed by atoms with Gasteiger partial charge < -0.3 is 5.11 Å². The zero-order valence-corrected chi connectivity index (χ0v) is 5.23. The summed E-state index contributed by atoms with van der Waals surface area (Å²) in [5.41, 5.74) is 0. The molecule has 1 nitrogen and oxygen atoms in total. The van der Waals surface area contributed by atoms with Crippen LogP contribution < -0.4 is 0 Å². The van der Waals surface area contributed by atoms with Crippen molar-refractivity contribution < 1.29 is 9.50 Å². The first-order valence-corrected chi connectivity index (χ1v) is 3.05. The number of halogens is 1. The molecule has 1 atom stereocenters. The maximum absolute atomic E-state index is 11.4. The summed E-state index contributed by atoms with van der Waals surface area (Å²) in [6.45, 7) is 1.58. The van der Waals surface area contributed by atoms with E-state index in [0.717, 1.165) is 6.42 Å². The zero-order valence-electron chi connectivity index (χ0n) is 5.23. The van der Waals surface area contributed by atoms with Crippen molar-refractivity contribution in [3.8, 4) is 0 Å². The summed E-state index contributed by atoms with van der Waals surface area (Å²) in [6, 6.07) is 0. The Morgan fingerprint density at radius 1 is 1.62 bits per heavy atom. The van der Waals surface area contributed by atoms with E-state index in [1.807, 2.05) is 6.92 Å². The Labute approximate surface area is 49.5 Å². The van der Waals surface area contributed by atoms with E-state index in [2.05, 4.69) is 0 Å². The summed E-state index contributed by atoms with van der Waals surface area (Å²) in [4.78, 5) is 0. The topological polar surface area (TPSA) is 20.2 Å². The molecule has 0 fully saturated rings. The number of aliphatic hydroxyl groups is 1. The molecule has 0 rings (SSSR count). The lowest BCUT2D eigenvalue weighted by atomic mass is 10.2. The van der Waals surface area contributed by atoms with Gasteiger partial charge in [-0.3, -0.25) is 4.39 Å². The number of hydrogen-bond acceptors (Lipinski definition) is 1. The molecule has 0 aromatic heterocycles. The monoisotopic (exact) mass is 120 g/mol. The van der Waals surface area contributed by atoms with E-state index in [4.69, 9.17) is 5.11 Å². The molecule has 0 aromatic carbocycles. The predicted octanol–water partition coefficient (Wildman–Crippen LogP) is 1.51. The summed E-state index contributed by atoms with van der Waals surface area (Å²) in [6.07, 6.45) is 1.55. The summed E-state index contributed by atoms with van der Waals surface area (Å²) in [5.74, 6) is 0. The first kappa shape index (κ1) is 7.89. The highest BCUT2D eigenvalue weighted by Crippen LogP contribution is 1.99. The lowest BCUT2D eigenvalue weighted by Gasteiger charge is -2.02. The van der Waals surface area contributed by atoms with E-state index < -0.39 is 0 Å². The van der Waals surface area contributed by atoms with Gasteiger partial charge in [-0.2, -0.15) is 0 Å². The normalized spacial score (nSPS) is 13.9. The van der Waals surface area contributed by atoms with Gasteiger partial charge in [-0.25, -0.2) is 0 Å². The van der Waals surface area contributed by atoms with Gasteiger partial charge in [-0.1, -0.05) is 6.92 Å². The Hall–Kier alpha value is -0.110. The first-order chi connectivity index (χ1) is 3.81. The molecule has 0 radical (unpaired) electrons. The van der Waals surface area contributed by atoms with Crippen LogP contribution in [0.15, 0.2) is 0 Å². The molecule has 1 unspecified atom stereocenters. The van der Waals surface area contributed by atoms with Gasteiger partial charge in [0.05, 0.1) is 12.8 Å². The molecule has 0 spiro atoms. The molecule has 0 heterocycles. The first-order valence-electron chi connectivity index (χ1n) is 3.05. The van der Waals surface area contributed by atoms with E-state index >= 15 is 0 Å². The van der Waals surface area contributed by atoms with Crippen LogP contribution in [0, 0.1) is 0 Å². The Balaban J connectivity index is 2.86. The van der Waals surface area contributed by atoms with Crippen LogP contribution >= 0.6 is 0 Å². The van der Waals surface area contributed by atoms with E-state index in [9.17, 15) is 4.39 Å². The molecule has 0 saturated carbocycles. The van der Waals surface area contributed by atoms with Crippen molar-refractivity contribution in [1.29, 1.82) is 0 Å². The number of rotatable bonds is 4. The molecule has 0 aliphatic rings. The van der Waals surface area contributed by atoms with Crippen molar-refractivity contribution in [2.45, 2.75) is 32.3 Å². The number of alkyl halides is 1. The fourth-order valence-electron chi connectivity index (χ4n) is 0.517. The van der Waals surface area contributed by atoms with Crippen LogP contribution in [0.5, 0.6) is 0 Å². The van der Waals surface area contributed by atoms with E-state index in [1.165, 1.54) is 0 Å². The lowest BCUT2D eigenvalue weighted by Crippen LogP contribution is -2.03. The molecule has 0 saturated heterocycles. The van der Waals surface area contributed by atoms with Gasteiger partial charge in [0, 0.05) is 0 Å². The van der Waals surface area contributed by atoms with Crippen LogP contribution in [0.25, 0.3) is 0 Å². The Kier molecular flexibility index (Phi) is 4.97. The molecule has 0 amide bonds.